The van der Waals surface area contributed by atoms with E-state index in [0.29, 0.717) is 25.4 Å². The zero-order valence-electron chi connectivity index (χ0n) is 11.8. The Morgan fingerprint density at radius 3 is 2.71 bits per heavy atom. The Balaban J connectivity index is 2.08. The maximum atomic E-state index is 9.46. The van der Waals surface area contributed by atoms with Gasteiger partial charge in [0.2, 0.25) is 0 Å². The lowest BCUT2D eigenvalue weighted by molar-refractivity contribution is 0.171. The molecule has 0 radical (unpaired) electrons. The summed E-state index contributed by atoms with van der Waals surface area (Å²) in [7, 11) is 1.62. The van der Waals surface area contributed by atoms with E-state index >= 15 is 0 Å². The Labute approximate surface area is 123 Å². The average molecular weight is 281 g/mol. The van der Waals surface area contributed by atoms with Gasteiger partial charge in [0.05, 0.1) is 12.2 Å². The number of ether oxygens (including phenoxy) is 3. The van der Waals surface area contributed by atoms with Crippen molar-refractivity contribution in [1.29, 1.82) is 5.26 Å². The zero-order valence-corrected chi connectivity index (χ0v) is 11.8. The minimum absolute atomic E-state index is 0.418. The highest BCUT2D eigenvalue weighted by atomic mass is 16.6. The molecule has 0 fully saturated rings. The van der Waals surface area contributed by atoms with Crippen LogP contribution in [0, 0.1) is 11.3 Å². The molecule has 4 heteroatoms. The van der Waals surface area contributed by atoms with E-state index in [1.165, 1.54) is 0 Å². The quantitative estimate of drug-likeness (QED) is 0.867. The molecule has 0 saturated carbocycles. The van der Waals surface area contributed by atoms with Gasteiger partial charge in [-0.3, -0.25) is 0 Å². The van der Waals surface area contributed by atoms with Crippen molar-refractivity contribution >= 4 is 0 Å². The molecule has 0 unspecified atom stereocenters. The second kappa shape index (κ2) is 5.86. The molecule has 0 aliphatic carbocycles. The third-order valence-corrected chi connectivity index (χ3v) is 3.42. The van der Waals surface area contributed by atoms with Crippen molar-refractivity contribution in [2.75, 3.05) is 20.3 Å². The standard InChI is InChI=1S/C17H15NO3/c1-19-11-13-3-2-4-14(15(13)10-18)12-5-6-16-17(9-12)21-8-7-20-16/h2-6,9H,7-8,11H2,1H3. The van der Waals surface area contributed by atoms with Gasteiger partial charge in [0.1, 0.15) is 19.3 Å². The fourth-order valence-electron chi connectivity index (χ4n) is 2.46. The first-order chi connectivity index (χ1) is 10.3. The van der Waals surface area contributed by atoms with E-state index in [2.05, 4.69) is 6.07 Å². The molecule has 1 aliphatic rings. The highest BCUT2D eigenvalue weighted by Gasteiger charge is 2.15. The molecule has 2 aromatic carbocycles. The van der Waals surface area contributed by atoms with Gasteiger partial charge in [-0.1, -0.05) is 24.3 Å². The van der Waals surface area contributed by atoms with Crippen molar-refractivity contribution in [2.45, 2.75) is 6.61 Å². The van der Waals surface area contributed by atoms with Crippen LogP contribution >= 0.6 is 0 Å². The van der Waals surface area contributed by atoms with Crippen LogP contribution < -0.4 is 9.47 Å². The van der Waals surface area contributed by atoms with Gasteiger partial charge < -0.3 is 14.2 Å². The summed E-state index contributed by atoms with van der Waals surface area (Å²) < 4.78 is 16.3. The zero-order chi connectivity index (χ0) is 14.7. The number of benzene rings is 2. The van der Waals surface area contributed by atoms with Gasteiger partial charge in [0.15, 0.2) is 11.5 Å². The van der Waals surface area contributed by atoms with Crippen molar-refractivity contribution in [1.82, 2.24) is 0 Å². The van der Waals surface area contributed by atoms with Gasteiger partial charge in [-0.2, -0.15) is 5.26 Å². The fraction of sp³-hybridized carbons (Fsp3) is 0.235. The maximum Gasteiger partial charge on any atom is 0.161 e. The molecule has 0 spiro atoms. The first-order valence-electron chi connectivity index (χ1n) is 6.74. The van der Waals surface area contributed by atoms with E-state index in [4.69, 9.17) is 14.2 Å². The van der Waals surface area contributed by atoms with Crippen LogP contribution in [0.1, 0.15) is 11.1 Å². The highest BCUT2D eigenvalue weighted by molar-refractivity contribution is 5.74. The minimum Gasteiger partial charge on any atom is -0.486 e. The molecule has 0 amide bonds. The molecule has 0 saturated heterocycles. The monoisotopic (exact) mass is 281 g/mol. The Kier molecular flexibility index (Phi) is 3.76. The second-order valence-electron chi connectivity index (χ2n) is 4.74. The molecular formula is C17H15NO3. The summed E-state index contributed by atoms with van der Waals surface area (Å²) in [5.41, 5.74) is 3.33. The largest absolute Gasteiger partial charge is 0.486 e. The predicted molar refractivity (Wildman–Crippen MR) is 78.3 cm³/mol. The lowest BCUT2D eigenvalue weighted by Crippen LogP contribution is -2.15. The molecule has 1 aliphatic heterocycles. The molecule has 1 heterocycles. The van der Waals surface area contributed by atoms with Crippen LogP contribution in [0.4, 0.5) is 0 Å². The van der Waals surface area contributed by atoms with Crippen LogP contribution in [0.15, 0.2) is 36.4 Å². The van der Waals surface area contributed by atoms with E-state index in [-0.39, 0.29) is 0 Å². The number of methoxy groups -OCH3 is 1. The fourth-order valence-corrected chi connectivity index (χ4v) is 2.46. The van der Waals surface area contributed by atoms with Gasteiger partial charge >= 0.3 is 0 Å². The first kappa shape index (κ1) is 13.5. The summed E-state index contributed by atoms with van der Waals surface area (Å²) in [6.07, 6.45) is 0. The summed E-state index contributed by atoms with van der Waals surface area (Å²) in [4.78, 5) is 0. The Morgan fingerprint density at radius 1 is 1.14 bits per heavy atom. The Morgan fingerprint density at radius 2 is 1.95 bits per heavy atom. The number of fused-ring (bicyclic) bond motifs is 1. The van der Waals surface area contributed by atoms with Crippen molar-refractivity contribution in [3.63, 3.8) is 0 Å². The molecule has 2 aromatic rings. The van der Waals surface area contributed by atoms with Crippen LogP contribution in [0.2, 0.25) is 0 Å². The molecule has 3 rings (SSSR count). The summed E-state index contributed by atoms with van der Waals surface area (Å²) in [6.45, 7) is 1.53. The number of hydrogen-bond acceptors (Lipinski definition) is 4. The van der Waals surface area contributed by atoms with Gasteiger partial charge in [0.25, 0.3) is 0 Å². The third-order valence-electron chi connectivity index (χ3n) is 3.42. The third kappa shape index (κ3) is 2.56. The lowest BCUT2D eigenvalue weighted by atomic mass is 9.96. The Bertz CT molecular complexity index is 704. The van der Waals surface area contributed by atoms with Crippen molar-refractivity contribution < 1.29 is 14.2 Å². The first-order valence-corrected chi connectivity index (χ1v) is 6.74. The molecular weight excluding hydrogens is 266 g/mol. The van der Waals surface area contributed by atoms with Gasteiger partial charge in [-0.25, -0.2) is 0 Å². The summed E-state index contributed by atoms with van der Waals surface area (Å²) >= 11 is 0. The van der Waals surface area contributed by atoms with E-state index < -0.39 is 0 Å². The number of hydrogen-bond donors (Lipinski definition) is 0. The lowest BCUT2D eigenvalue weighted by Gasteiger charge is -2.19. The van der Waals surface area contributed by atoms with Crippen LogP contribution in [0.25, 0.3) is 11.1 Å². The normalized spacial score (nSPS) is 12.8. The van der Waals surface area contributed by atoms with Gasteiger partial charge in [-0.05, 0) is 28.8 Å². The average Bonchev–Trinajstić information content (AvgIpc) is 2.54. The van der Waals surface area contributed by atoms with Crippen molar-refractivity contribution in [3.8, 4) is 28.7 Å². The molecule has 0 bridgehead atoms. The summed E-state index contributed by atoms with van der Waals surface area (Å²) in [5.74, 6) is 1.47. The van der Waals surface area contributed by atoms with E-state index in [0.717, 1.165) is 28.2 Å². The van der Waals surface area contributed by atoms with Crippen molar-refractivity contribution in [2.24, 2.45) is 0 Å². The van der Waals surface area contributed by atoms with Crippen LogP contribution in [0.3, 0.4) is 0 Å². The minimum atomic E-state index is 0.418. The smallest absolute Gasteiger partial charge is 0.161 e. The second-order valence-corrected chi connectivity index (χ2v) is 4.74. The number of nitrogens with zero attached hydrogens (tertiary/aromatic N) is 1. The topological polar surface area (TPSA) is 51.5 Å². The number of nitriles is 1. The summed E-state index contributed by atoms with van der Waals surface area (Å²) in [5, 5.41) is 9.46. The van der Waals surface area contributed by atoms with Gasteiger partial charge in [-0.15, -0.1) is 0 Å². The molecule has 0 aromatic heterocycles. The van der Waals surface area contributed by atoms with E-state index in [1.54, 1.807) is 7.11 Å². The maximum absolute atomic E-state index is 9.46. The molecule has 21 heavy (non-hydrogen) atoms. The van der Waals surface area contributed by atoms with Gasteiger partial charge in [0, 0.05) is 7.11 Å². The number of rotatable bonds is 3. The molecule has 0 N–H and O–H groups in total. The van der Waals surface area contributed by atoms with E-state index in [9.17, 15) is 5.26 Å². The van der Waals surface area contributed by atoms with E-state index in [1.807, 2.05) is 36.4 Å². The molecule has 106 valence electrons. The van der Waals surface area contributed by atoms with Crippen LogP contribution in [-0.2, 0) is 11.3 Å². The SMILES string of the molecule is COCc1cccc(-c2ccc3c(c2)OCCO3)c1C#N. The Hall–Kier alpha value is -2.51. The summed E-state index contributed by atoms with van der Waals surface area (Å²) in [6, 6.07) is 13.8. The highest BCUT2D eigenvalue weighted by Crippen LogP contribution is 2.36. The molecule has 4 nitrogen and oxygen atoms in total. The van der Waals surface area contributed by atoms with Crippen LogP contribution in [-0.4, -0.2) is 20.3 Å². The predicted octanol–water partition coefficient (Wildman–Crippen LogP) is 3.14. The molecule has 0 atom stereocenters. The van der Waals surface area contributed by atoms with Crippen LogP contribution in [0.5, 0.6) is 11.5 Å². The van der Waals surface area contributed by atoms with Crippen molar-refractivity contribution in [3.05, 3.63) is 47.5 Å².